The maximum absolute atomic E-state index is 12.0. The number of β-amino-alcohol motifs (C(OH)–C–C–N with tert-alkyl or cyclic N) is 1. The van der Waals surface area contributed by atoms with Crippen LogP contribution in [0.15, 0.2) is 30.3 Å². The molecule has 1 heterocycles. The van der Waals surface area contributed by atoms with Crippen molar-refractivity contribution in [2.24, 2.45) is 0 Å². The molecule has 1 aromatic rings. The van der Waals surface area contributed by atoms with Crippen LogP contribution in [0.4, 0.5) is 0 Å². The van der Waals surface area contributed by atoms with Crippen LogP contribution in [0.3, 0.4) is 0 Å². The molecule has 6 nitrogen and oxygen atoms in total. The van der Waals surface area contributed by atoms with Crippen LogP contribution in [-0.4, -0.2) is 45.7 Å². The van der Waals surface area contributed by atoms with Crippen molar-refractivity contribution in [2.75, 3.05) is 6.54 Å². The van der Waals surface area contributed by atoms with Crippen molar-refractivity contribution in [3.8, 4) is 6.07 Å². The van der Waals surface area contributed by atoms with Gasteiger partial charge in [0.15, 0.2) is 0 Å². The maximum atomic E-state index is 12.0. The lowest BCUT2D eigenvalue weighted by atomic mass is 10.1. The van der Waals surface area contributed by atoms with Gasteiger partial charge in [0.25, 0.3) is 0 Å². The molecule has 0 bridgehead atoms. The topological polar surface area (TPSA) is 102 Å². The van der Waals surface area contributed by atoms with E-state index in [1.165, 1.54) is 6.08 Å². The van der Waals surface area contributed by atoms with Crippen LogP contribution >= 0.6 is 0 Å². The minimum Gasteiger partial charge on any atom is -0.480 e. The number of aliphatic hydroxyl groups excluding tert-OH is 1. The molecular weight excluding hydrogens is 272 g/mol. The summed E-state index contributed by atoms with van der Waals surface area (Å²) in [5.41, 5.74) is 1.25. The molecule has 21 heavy (non-hydrogen) atoms. The molecule has 0 spiro atoms. The molecule has 1 fully saturated rings. The molecule has 1 aliphatic heterocycles. The first-order valence-corrected chi connectivity index (χ1v) is 6.41. The molecule has 0 aromatic heterocycles. The zero-order chi connectivity index (χ0) is 15.4. The zero-order valence-electron chi connectivity index (χ0n) is 11.1. The van der Waals surface area contributed by atoms with Gasteiger partial charge < -0.3 is 15.1 Å². The van der Waals surface area contributed by atoms with Crippen molar-refractivity contribution < 1.29 is 19.8 Å². The van der Waals surface area contributed by atoms with Gasteiger partial charge >= 0.3 is 5.97 Å². The molecule has 2 N–H and O–H groups in total. The van der Waals surface area contributed by atoms with Crippen LogP contribution in [0.25, 0.3) is 6.08 Å². The molecule has 0 saturated carbocycles. The van der Waals surface area contributed by atoms with Crippen LogP contribution in [0.2, 0.25) is 0 Å². The maximum Gasteiger partial charge on any atom is 0.326 e. The number of carboxylic acid groups (broad SMARTS) is 1. The number of rotatable bonds is 3. The highest BCUT2D eigenvalue weighted by molar-refractivity contribution is 5.94. The number of nitrogens with zero attached hydrogens (tertiary/aromatic N) is 2. The average Bonchev–Trinajstić information content (AvgIpc) is 2.87. The van der Waals surface area contributed by atoms with E-state index in [2.05, 4.69) is 0 Å². The highest BCUT2D eigenvalue weighted by atomic mass is 16.4. The normalized spacial score (nSPS) is 21.4. The molecule has 2 atom stereocenters. The van der Waals surface area contributed by atoms with Crippen molar-refractivity contribution in [1.82, 2.24) is 4.90 Å². The molecule has 0 aliphatic carbocycles. The zero-order valence-corrected chi connectivity index (χ0v) is 11.1. The summed E-state index contributed by atoms with van der Waals surface area (Å²) < 4.78 is 0. The third-order valence-electron chi connectivity index (χ3n) is 3.31. The van der Waals surface area contributed by atoms with E-state index in [9.17, 15) is 14.7 Å². The number of carbonyl (C=O) groups is 2. The van der Waals surface area contributed by atoms with E-state index in [0.29, 0.717) is 5.56 Å². The molecule has 0 radical (unpaired) electrons. The second-order valence-electron chi connectivity index (χ2n) is 4.80. The molecule has 1 aliphatic rings. The van der Waals surface area contributed by atoms with E-state index in [1.54, 1.807) is 30.3 Å². The minimum absolute atomic E-state index is 0.0213. The van der Waals surface area contributed by atoms with Crippen molar-refractivity contribution in [3.63, 3.8) is 0 Å². The number of amides is 1. The van der Waals surface area contributed by atoms with E-state index >= 15 is 0 Å². The molecule has 6 heteroatoms. The molecule has 1 unspecified atom stereocenters. The van der Waals surface area contributed by atoms with Gasteiger partial charge in [0.05, 0.1) is 17.7 Å². The molecule has 1 amide bonds. The van der Waals surface area contributed by atoms with Gasteiger partial charge in [-0.1, -0.05) is 12.1 Å². The number of nitriles is 1. The first-order valence-electron chi connectivity index (χ1n) is 6.41. The van der Waals surface area contributed by atoms with Crippen LogP contribution in [0.5, 0.6) is 0 Å². The van der Waals surface area contributed by atoms with E-state index in [-0.39, 0.29) is 13.0 Å². The largest absolute Gasteiger partial charge is 0.480 e. The molecule has 1 aromatic carbocycles. The fourth-order valence-corrected chi connectivity index (χ4v) is 2.22. The van der Waals surface area contributed by atoms with Crippen molar-refractivity contribution in [3.05, 3.63) is 41.5 Å². The van der Waals surface area contributed by atoms with Crippen molar-refractivity contribution >= 4 is 18.0 Å². The summed E-state index contributed by atoms with van der Waals surface area (Å²) in [5.74, 6) is -1.57. The van der Waals surface area contributed by atoms with Crippen LogP contribution in [0, 0.1) is 11.3 Å². The third kappa shape index (κ3) is 3.46. The van der Waals surface area contributed by atoms with Gasteiger partial charge in [0.1, 0.15) is 6.04 Å². The SMILES string of the molecule is N#Cc1ccc(/C=C/C(=O)N2CC(O)C[C@H]2C(=O)O)cc1. The number of likely N-dealkylation sites (tertiary alicyclic amines) is 1. The Kier molecular flexibility index (Phi) is 4.36. The first-order chi connectivity index (χ1) is 10.0. The van der Waals surface area contributed by atoms with Crippen molar-refractivity contribution in [2.45, 2.75) is 18.6 Å². The second-order valence-corrected chi connectivity index (χ2v) is 4.80. The quantitative estimate of drug-likeness (QED) is 0.793. The Hall–Kier alpha value is -2.65. The summed E-state index contributed by atoms with van der Waals surface area (Å²) in [7, 11) is 0. The first kappa shape index (κ1) is 14.8. The molecule has 1 saturated heterocycles. The van der Waals surface area contributed by atoms with Crippen molar-refractivity contribution in [1.29, 1.82) is 5.26 Å². The van der Waals surface area contributed by atoms with Gasteiger partial charge in [-0.05, 0) is 23.8 Å². The van der Waals surface area contributed by atoms with Crippen LogP contribution in [0.1, 0.15) is 17.5 Å². The highest BCUT2D eigenvalue weighted by Gasteiger charge is 2.37. The molecule has 2 rings (SSSR count). The summed E-state index contributed by atoms with van der Waals surface area (Å²) in [4.78, 5) is 24.2. The number of carbonyl (C=O) groups excluding carboxylic acids is 1. The highest BCUT2D eigenvalue weighted by Crippen LogP contribution is 2.19. The van der Waals surface area contributed by atoms with Gasteiger partial charge in [0.2, 0.25) is 5.91 Å². The van der Waals surface area contributed by atoms with Crippen LogP contribution < -0.4 is 0 Å². The number of aliphatic carboxylic acids is 1. The lowest BCUT2D eigenvalue weighted by Crippen LogP contribution is -2.39. The second kappa shape index (κ2) is 6.20. The third-order valence-corrected chi connectivity index (χ3v) is 3.31. The van der Waals surface area contributed by atoms with E-state index in [1.807, 2.05) is 6.07 Å². The lowest BCUT2D eigenvalue weighted by molar-refractivity contribution is -0.146. The Balaban J connectivity index is 2.07. The summed E-state index contributed by atoms with van der Waals surface area (Å²) in [6, 6.07) is 7.64. The predicted octanol–water partition coefficient (Wildman–Crippen LogP) is 0.618. The van der Waals surface area contributed by atoms with Gasteiger partial charge in [0, 0.05) is 19.0 Å². The fourth-order valence-electron chi connectivity index (χ4n) is 2.22. The lowest BCUT2D eigenvalue weighted by Gasteiger charge is -2.19. The Labute approximate surface area is 121 Å². The van der Waals surface area contributed by atoms with Gasteiger partial charge in [-0.15, -0.1) is 0 Å². The van der Waals surface area contributed by atoms with E-state index in [0.717, 1.165) is 10.5 Å². The monoisotopic (exact) mass is 286 g/mol. The fraction of sp³-hybridized carbons (Fsp3) is 0.267. The average molecular weight is 286 g/mol. The molecular formula is C15H14N2O4. The van der Waals surface area contributed by atoms with Gasteiger partial charge in [-0.3, -0.25) is 4.79 Å². The van der Waals surface area contributed by atoms with Gasteiger partial charge in [-0.25, -0.2) is 4.79 Å². The summed E-state index contributed by atoms with van der Waals surface area (Å²) in [6.07, 6.45) is 2.06. The number of benzene rings is 1. The Bertz CT molecular complexity index is 616. The predicted molar refractivity (Wildman–Crippen MR) is 74.0 cm³/mol. The number of aliphatic hydroxyl groups is 1. The number of carboxylic acids is 1. The number of hydrogen-bond acceptors (Lipinski definition) is 4. The Morgan fingerprint density at radius 2 is 2.00 bits per heavy atom. The van der Waals surface area contributed by atoms with Crippen LogP contribution in [-0.2, 0) is 9.59 Å². The minimum atomic E-state index is -1.12. The smallest absolute Gasteiger partial charge is 0.326 e. The standard InChI is InChI=1S/C15H14N2O4/c16-8-11-3-1-10(2-4-11)5-6-14(19)17-9-12(18)7-13(17)15(20)21/h1-6,12-13,18H,7,9H2,(H,20,21)/b6-5+/t12?,13-/m0/s1. The Morgan fingerprint density at radius 1 is 1.33 bits per heavy atom. The summed E-state index contributed by atoms with van der Waals surface area (Å²) >= 11 is 0. The van der Waals surface area contributed by atoms with E-state index in [4.69, 9.17) is 10.4 Å². The van der Waals surface area contributed by atoms with E-state index < -0.39 is 24.0 Å². The van der Waals surface area contributed by atoms with Gasteiger partial charge in [-0.2, -0.15) is 5.26 Å². The summed E-state index contributed by atoms with van der Waals surface area (Å²) in [6.45, 7) is 0.0213. The molecule has 108 valence electrons. The number of hydrogen-bond donors (Lipinski definition) is 2. The Morgan fingerprint density at radius 3 is 2.57 bits per heavy atom. The summed E-state index contributed by atoms with van der Waals surface area (Å²) in [5, 5.41) is 27.2.